The normalized spacial score (nSPS) is 14.8. The Morgan fingerprint density at radius 2 is 1.71 bits per heavy atom. The molecule has 264 valence electrons. The molecule has 2 atom stereocenters. The molecule has 51 heavy (non-hydrogen) atoms. The number of aliphatic carboxylic acids is 1. The number of amides is 1. The Labute approximate surface area is 303 Å². The molecule has 2 aromatic carbocycles. The van der Waals surface area contributed by atoms with Gasteiger partial charge in [0.15, 0.2) is 0 Å². The second kappa shape index (κ2) is 16.0. The summed E-state index contributed by atoms with van der Waals surface area (Å²) in [6.45, 7) is 1.32. The second-order valence-corrected chi connectivity index (χ2v) is 13.0. The third-order valence-electron chi connectivity index (χ3n) is 8.68. The lowest BCUT2D eigenvalue weighted by Gasteiger charge is -2.16. The summed E-state index contributed by atoms with van der Waals surface area (Å²) in [6.07, 6.45) is 3.00. The molecule has 1 amide bonds. The predicted molar refractivity (Wildman–Crippen MR) is 195 cm³/mol. The minimum atomic E-state index is -1.10. The number of carboxylic acid groups (broad SMARTS) is 1. The molecule has 4 heterocycles. The van der Waals surface area contributed by atoms with Crippen molar-refractivity contribution in [2.75, 3.05) is 20.2 Å². The molecule has 5 N–H and O–H groups in total. The van der Waals surface area contributed by atoms with E-state index in [-0.39, 0.29) is 30.6 Å². The summed E-state index contributed by atoms with van der Waals surface area (Å²) in [4.78, 5) is 44.7. The maximum absolute atomic E-state index is 13.1. The van der Waals surface area contributed by atoms with Gasteiger partial charge in [-0.25, -0.2) is 9.97 Å². The fourth-order valence-corrected chi connectivity index (χ4v) is 6.75. The van der Waals surface area contributed by atoms with Crippen molar-refractivity contribution in [3.8, 4) is 39.4 Å². The van der Waals surface area contributed by atoms with Gasteiger partial charge in [0.2, 0.25) is 11.8 Å². The lowest BCUT2D eigenvalue weighted by atomic mass is 9.97. The number of aromatic nitrogens is 3. The van der Waals surface area contributed by atoms with Gasteiger partial charge >= 0.3 is 5.97 Å². The van der Waals surface area contributed by atoms with Crippen LogP contribution in [0.25, 0.3) is 39.2 Å². The topological polar surface area (TPSA) is 167 Å². The highest BCUT2D eigenvalue weighted by atomic mass is 35.5. The number of ether oxygens (including phenoxy) is 1. The molecule has 5 aromatic rings. The summed E-state index contributed by atoms with van der Waals surface area (Å²) in [5.74, 6) is -0.551. The van der Waals surface area contributed by atoms with Crippen molar-refractivity contribution < 1.29 is 24.5 Å². The van der Waals surface area contributed by atoms with E-state index in [0.717, 1.165) is 23.1 Å². The van der Waals surface area contributed by atoms with E-state index >= 15 is 0 Å². The highest BCUT2D eigenvalue weighted by molar-refractivity contribution is 6.39. The van der Waals surface area contributed by atoms with Crippen LogP contribution in [0.1, 0.15) is 30.4 Å². The van der Waals surface area contributed by atoms with Gasteiger partial charge < -0.3 is 30.9 Å². The summed E-state index contributed by atoms with van der Waals surface area (Å²) < 4.78 is 7.05. The van der Waals surface area contributed by atoms with Crippen molar-refractivity contribution in [3.63, 3.8) is 0 Å². The van der Waals surface area contributed by atoms with Crippen LogP contribution in [0.5, 0.6) is 5.88 Å². The molecule has 6 rings (SSSR count). The summed E-state index contributed by atoms with van der Waals surface area (Å²) >= 11 is 14.1. The minimum Gasteiger partial charge on any atom is -0.481 e. The molecule has 1 aliphatic rings. The maximum Gasteiger partial charge on any atom is 0.306 e. The molecule has 14 heteroatoms. The van der Waals surface area contributed by atoms with E-state index < -0.39 is 18.5 Å². The molecular formula is C37H36Cl2N6O6. The molecule has 0 spiro atoms. The van der Waals surface area contributed by atoms with Gasteiger partial charge in [0, 0.05) is 84.4 Å². The third kappa shape index (κ3) is 8.22. The Morgan fingerprint density at radius 3 is 2.41 bits per heavy atom. The zero-order valence-corrected chi connectivity index (χ0v) is 29.2. The zero-order valence-electron chi connectivity index (χ0n) is 27.7. The van der Waals surface area contributed by atoms with Crippen LogP contribution in [0.4, 0.5) is 0 Å². The summed E-state index contributed by atoms with van der Waals surface area (Å²) in [5.41, 5.74) is 5.60. The van der Waals surface area contributed by atoms with Crippen LogP contribution in [0.15, 0.2) is 77.9 Å². The summed E-state index contributed by atoms with van der Waals surface area (Å²) in [7, 11) is 1.57. The number of hydrogen-bond donors (Lipinski definition) is 5. The SMILES string of the molecule is COc1nc(-c2cccc(-c3cccc(-c4ccn5c(=O)c(CNC[C@@H](O)CC(=O)O)cnc5c4)c3Cl)c2Cl)ccc1CNC[C@H]1CCC(=O)N1. The highest BCUT2D eigenvalue weighted by Gasteiger charge is 2.21. The van der Waals surface area contributed by atoms with Crippen molar-refractivity contribution in [1.29, 1.82) is 0 Å². The number of carbonyl (C=O) groups is 2. The zero-order chi connectivity index (χ0) is 36.1. The number of rotatable bonds is 14. The van der Waals surface area contributed by atoms with E-state index in [4.69, 9.17) is 38.0 Å². The third-order valence-corrected chi connectivity index (χ3v) is 9.50. The number of pyridine rings is 2. The van der Waals surface area contributed by atoms with Crippen LogP contribution in [0.2, 0.25) is 10.0 Å². The number of halogens is 2. The number of carbonyl (C=O) groups excluding carboxylic acids is 1. The van der Waals surface area contributed by atoms with E-state index in [2.05, 4.69) is 20.9 Å². The smallest absolute Gasteiger partial charge is 0.306 e. The van der Waals surface area contributed by atoms with Gasteiger partial charge in [-0.15, -0.1) is 0 Å². The van der Waals surface area contributed by atoms with Crippen LogP contribution in [-0.2, 0) is 22.7 Å². The number of aliphatic hydroxyl groups excluding tert-OH is 1. The quantitative estimate of drug-likeness (QED) is 0.108. The minimum absolute atomic E-state index is 0.0218. The van der Waals surface area contributed by atoms with Crippen LogP contribution in [-0.4, -0.2) is 68.8 Å². The van der Waals surface area contributed by atoms with Crippen LogP contribution in [0.3, 0.4) is 0 Å². The standard InChI is InChI=1S/C37H36Cl2N6O6/c1-51-36-22(16-40-19-24-9-11-32(47)43-24)8-10-30(44-36)29-7-3-6-28(35(29)39)27-5-2-4-26(34(27)38)21-12-13-45-31(14-21)42-18-23(37(45)50)17-41-20-25(46)15-33(48)49/h2-8,10,12-14,18,24-25,40-41,46H,9,11,15-17,19-20H2,1H3,(H,43,47)(H,48,49)/t24-,25+/m1/s1. The van der Waals surface area contributed by atoms with Gasteiger partial charge in [0.25, 0.3) is 5.56 Å². The van der Waals surface area contributed by atoms with Gasteiger partial charge in [-0.05, 0) is 30.2 Å². The van der Waals surface area contributed by atoms with E-state index in [0.29, 0.717) is 69.0 Å². The maximum atomic E-state index is 13.1. The van der Waals surface area contributed by atoms with E-state index in [9.17, 15) is 19.5 Å². The number of hydrogen-bond acceptors (Lipinski definition) is 9. The molecule has 0 radical (unpaired) electrons. The molecular weight excluding hydrogens is 695 g/mol. The Balaban J connectivity index is 1.22. The van der Waals surface area contributed by atoms with Crippen molar-refractivity contribution in [1.82, 2.24) is 30.3 Å². The van der Waals surface area contributed by atoms with Gasteiger partial charge in [-0.3, -0.25) is 18.8 Å². The summed E-state index contributed by atoms with van der Waals surface area (Å²) in [5, 5.41) is 28.8. The highest BCUT2D eigenvalue weighted by Crippen LogP contribution is 2.42. The van der Waals surface area contributed by atoms with Gasteiger partial charge in [0.1, 0.15) is 5.65 Å². The number of nitrogens with one attached hydrogen (secondary N) is 3. The van der Waals surface area contributed by atoms with Crippen molar-refractivity contribution in [2.24, 2.45) is 0 Å². The average molecular weight is 732 g/mol. The molecule has 3 aromatic heterocycles. The largest absolute Gasteiger partial charge is 0.481 e. The Bertz CT molecular complexity index is 2160. The first-order valence-electron chi connectivity index (χ1n) is 16.4. The van der Waals surface area contributed by atoms with Gasteiger partial charge in [-0.1, -0.05) is 65.7 Å². The number of benzene rings is 2. The van der Waals surface area contributed by atoms with Gasteiger partial charge in [0.05, 0.1) is 35.4 Å². The fourth-order valence-electron chi connectivity index (χ4n) is 6.09. The van der Waals surface area contributed by atoms with E-state index in [1.165, 1.54) is 10.6 Å². The number of fused-ring (bicyclic) bond motifs is 1. The molecule has 1 aliphatic heterocycles. The fraction of sp³-hybridized carbons (Fsp3) is 0.270. The number of aliphatic hydroxyl groups is 1. The van der Waals surface area contributed by atoms with E-state index in [1.54, 1.807) is 25.4 Å². The van der Waals surface area contributed by atoms with Crippen molar-refractivity contribution in [3.05, 3.63) is 105 Å². The lowest BCUT2D eigenvalue weighted by molar-refractivity contribution is -0.139. The number of methoxy groups -OCH3 is 1. The molecule has 12 nitrogen and oxygen atoms in total. The Kier molecular flexibility index (Phi) is 11.3. The van der Waals surface area contributed by atoms with Crippen molar-refractivity contribution >= 4 is 40.7 Å². The predicted octanol–water partition coefficient (Wildman–Crippen LogP) is 4.70. The Hall–Kier alpha value is -4.85. The number of nitrogens with zero attached hydrogens (tertiary/aromatic N) is 3. The van der Waals surface area contributed by atoms with Crippen LogP contribution < -0.4 is 26.2 Å². The molecule has 0 unspecified atom stereocenters. The molecule has 0 bridgehead atoms. The molecule has 0 aliphatic carbocycles. The number of carboxylic acids is 1. The lowest BCUT2D eigenvalue weighted by Crippen LogP contribution is -2.35. The first kappa shape index (κ1) is 36.0. The average Bonchev–Trinajstić information content (AvgIpc) is 3.54. The Morgan fingerprint density at radius 1 is 1.00 bits per heavy atom. The summed E-state index contributed by atoms with van der Waals surface area (Å²) in [6, 6.07) is 18.9. The van der Waals surface area contributed by atoms with Crippen molar-refractivity contribution in [2.45, 2.75) is 44.5 Å². The first-order chi connectivity index (χ1) is 24.6. The first-order valence-corrected chi connectivity index (χ1v) is 17.1. The van der Waals surface area contributed by atoms with Crippen LogP contribution >= 0.6 is 23.2 Å². The second-order valence-electron chi connectivity index (χ2n) is 12.2. The monoisotopic (exact) mass is 730 g/mol. The van der Waals surface area contributed by atoms with E-state index in [1.807, 2.05) is 48.5 Å². The molecule has 1 fully saturated rings. The van der Waals surface area contributed by atoms with Gasteiger partial charge in [-0.2, -0.15) is 0 Å². The molecule has 1 saturated heterocycles. The molecule has 0 saturated carbocycles. The van der Waals surface area contributed by atoms with Crippen LogP contribution in [0, 0.1) is 0 Å².